The smallest absolute Gasteiger partial charge is 0.221 e. The van der Waals surface area contributed by atoms with Crippen LogP contribution in [0.1, 0.15) is 5.56 Å². The Morgan fingerprint density at radius 3 is 2.78 bits per heavy atom. The Hall–Kier alpha value is -2.30. The second kappa shape index (κ2) is 4.91. The van der Waals surface area contributed by atoms with Crippen LogP contribution < -0.4 is 16.0 Å². The zero-order valence-electron chi connectivity index (χ0n) is 10.8. The van der Waals surface area contributed by atoms with Gasteiger partial charge in [0.1, 0.15) is 5.82 Å². The van der Waals surface area contributed by atoms with Crippen molar-refractivity contribution in [2.45, 2.75) is 6.92 Å². The first kappa shape index (κ1) is 12.2. The molecule has 1 heterocycles. The van der Waals surface area contributed by atoms with Crippen LogP contribution in [-0.2, 0) is 0 Å². The number of aromatic nitrogens is 2. The monoisotopic (exact) mass is 243 g/mol. The van der Waals surface area contributed by atoms with E-state index in [0.29, 0.717) is 0 Å². The molecule has 0 spiro atoms. The van der Waals surface area contributed by atoms with E-state index in [1.54, 1.807) is 6.20 Å². The van der Waals surface area contributed by atoms with Crippen molar-refractivity contribution in [1.82, 2.24) is 9.97 Å². The fourth-order valence-electron chi connectivity index (χ4n) is 1.58. The molecule has 0 aliphatic heterocycles. The molecule has 5 nitrogen and oxygen atoms in total. The van der Waals surface area contributed by atoms with E-state index in [9.17, 15) is 0 Å². The van der Waals surface area contributed by atoms with Gasteiger partial charge in [0, 0.05) is 37.2 Å². The van der Waals surface area contributed by atoms with Crippen molar-refractivity contribution in [2.75, 3.05) is 30.0 Å². The highest BCUT2D eigenvalue weighted by molar-refractivity contribution is 5.64. The number of aryl methyl sites for hydroxylation is 1. The lowest BCUT2D eigenvalue weighted by Crippen LogP contribution is -2.09. The minimum atomic E-state index is 0.270. The third-order valence-electron chi connectivity index (χ3n) is 2.62. The third kappa shape index (κ3) is 2.68. The van der Waals surface area contributed by atoms with Crippen LogP contribution in [0.5, 0.6) is 0 Å². The van der Waals surface area contributed by atoms with Gasteiger partial charge in [0.2, 0.25) is 5.95 Å². The molecule has 0 fully saturated rings. The van der Waals surface area contributed by atoms with Crippen LogP contribution in [-0.4, -0.2) is 24.1 Å². The number of rotatable bonds is 3. The first-order valence-electron chi connectivity index (χ1n) is 5.70. The summed E-state index contributed by atoms with van der Waals surface area (Å²) in [5, 5.41) is 3.25. The van der Waals surface area contributed by atoms with Crippen molar-refractivity contribution in [3.8, 4) is 0 Å². The van der Waals surface area contributed by atoms with Gasteiger partial charge in [0.05, 0.1) is 0 Å². The lowest BCUT2D eigenvalue weighted by Gasteiger charge is -2.14. The maximum Gasteiger partial charge on any atom is 0.221 e. The Bertz CT molecular complexity index is 551. The van der Waals surface area contributed by atoms with E-state index >= 15 is 0 Å². The first-order valence-corrected chi connectivity index (χ1v) is 5.70. The molecule has 0 radical (unpaired) electrons. The van der Waals surface area contributed by atoms with Crippen LogP contribution >= 0.6 is 0 Å². The second-order valence-electron chi connectivity index (χ2n) is 4.33. The molecule has 1 aromatic carbocycles. The predicted molar refractivity (Wildman–Crippen MR) is 75.2 cm³/mol. The van der Waals surface area contributed by atoms with Gasteiger partial charge in [-0.2, -0.15) is 4.98 Å². The Morgan fingerprint density at radius 1 is 1.28 bits per heavy atom. The Kier molecular flexibility index (Phi) is 3.32. The minimum Gasteiger partial charge on any atom is -0.378 e. The van der Waals surface area contributed by atoms with E-state index in [-0.39, 0.29) is 5.95 Å². The summed E-state index contributed by atoms with van der Waals surface area (Å²) in [5.41, 5.74) is 8.65. The Morgan fingerprint density at radius 2 is 2.06 bits per heavy atom. The molecule has 0 aliphatic carbocycles. The van der Waals surface area contributed by atoms with E-state index < -0.39 is 0 Å². The van der Waals surface area contributed by atoms with Crippen molar-refractivity contribution in [3.63, 3.8) is 0 Å². The molecule has 0 saturated carbocycles. The number of nitrogens with zero attached hydrogens (tertiary/aromatic N) is 3. The fourth-order valence-corrected chi connectivity index (χ4v) is 1.58. The third-order valence-corrected chi connectivity index (χ3v) is 2.62. The van der Waals surface area contributed by atoms with Crippen molar-refractivity contribution in [2.24, 2.45) is 0 Å². The molecule has 3 N–H and O–H groups in total. The van der Waals surface area contributed by atoms with Gasteiger partial charge in [0.25, 0.3) is 0 Å². The molecule has 5 heteroatoms. The molecule has 0 bridgehead atoms. The topological polar surface area (TPSA) is 67.1 Å². The van der Waals surface area contributed by atoms with Crippen LogP contribution in [0.2, 0.25) is 0 Å². The quantitative estimate of drug-likeness (QED) is 0.864. The van der Waals surface area contributed by atoms with Gasteiger partial charge in [-0.1, -0.05) is 6.07 Å². The highest BCUT2D eigenvalue weighted by Crippen LogP contribution is 2.22. The van der Waals surface area contributed by atoms with Crippen LogP contribution in [0.25, 0.3) is 0 Å². The van der Waals surface area contributed by atoms with Gasteiger partial charge in [-0.3, -0.25) is 0 Å². The highest BCUT2D eigenvalue weighted by Gasteiger charge is 2.03. The summed E-state index contributed by atoms with van der Waals surface area (Å²) in [5.74, 6) is 1.00. The normalized spacial score (nSPS) is 10.2. The van der Waals surface area contributed by atoms with E-state index in [1.807, 2.05) is 44.1 Å². The Balaban J connectivity index is 2.28. The lowest BCUT2D eigenvalue weighted by molar-refractivity contribution is 1.13. The molecule has 0 aliphatic rings. The number of nitrogens with one attached hydrogen (secondary N) is 1. The molecule has 18 heavy (non-hydrogen) atoms. The summed E-state index contributed by atoms with van der Waals surface area (Å²) in [6.07, 6.45) is 1.71. The predicted octanol–water partition coefficient (Wildman–Crippen LogP) is 2.18. The van der Waals surface area contributed by atoms with Gasteiger partial charge in [-0.15, -0.1) is 0 Å². The van der Waals surface area contributed by atoms with Crippen LogP contribution in [0.3, 0.4) is 0 Å². The van der Waals surface area contributed by atoms with Gasteiger partial charge < -0.3 is 16.0 Å². The van der Waals surface area contributed by atoms with E-state index in [2.05, 4.69) is 21.4 Å². The molecule has 2 aromatic rings. The summed E-state index contributed by atoms with van der Waals surface area (Å²) in [6, 6.07) is 8.09. The summed E-state index contributed by atoms with van der Waals surface area (Å²) in [4.78, 5) is 10.2. The van der Waals surface area contributed by atoms with Crippen molar-refractivity contribution in [1.29, 1.82) is 0 Å². The van der Waals surface area contributed by atoms with Crippen molar-refractivity contribution < 1.29 is 0 Å². The number of nitrogen functional groups attached to an aromatic ring is 1. The molecule has 2 rings (SSSR count). The minimum absolute atomic E-state index is 0.270. The number of nitrogens with two attached hydrogens (primary N) is 1. The standard InChI is InChI=1S/C13H17N5/c1-9-8-15-13(14)17-12(9)16-10-5-4-6-11(7-10)18(2)3/h4-8H,1-3H3,(H3,14,15,16,17). The molecular formula is C13H17N5. The second-order valence-corrected chi connectivity index (χ2v) is 4.33. The number of hydrogen-bond acceptors (Lipinski definition) is 5. The number of benzene rings is 1. The largest absolute Gasteiger partial charge is 0.378 e. The fraction of sp³-hybridized carbons (Fsp3) is 0.231. The molecule has 0 atom stereocenters. The molecule has 94 valence electrons. The lowest BCUT2D eigenvalue weighted by atomic mass is 10.2. The number of anilines is 4. The van der Waals surface area contributed by atoms with Crippen LogP contribution in [0, 0.1) is 6.92 Å². The summed E-state index contributed by atoms with van der Waals surface area (Å²) in [7, 11) is 4.01. The number of hydrogen-bond donors (Lipinski definition) is 2. The van der Waals surface area contributed by atoms with Gasteiger partial charge in [0.15, 0.2) is 0 Å². The van der Waals surface area contributed by atoms with Gasteiger partial charge in [-0.25, -0.2) is 4.98 Å². The van der Waals surface area contributed by atoms with Crippen LogP contribution in [0.15, 0.2) is 30.5 Å². The zero-order chi connectivity index (χ0) is 13.1. The average molecular weight is 243 g/mol. The summed E-state index contributed by atoms with van der Waals surface area (Å²) < 4.78 is 0. The van der Waals surface area contributed by atoms with E-state index in [0.717, 1.165) is 22.8 Å². The molecule has 0 saturated heterocycles. The maximum atomic E-state index is 5.59. The molecular weight excluding hydrogens is 226 g/mol. The van der Waals surface area contributed by atoms with Gasteiger partial charge >= 0.3 is 0 Å². The highest BCUT2D eigenvalue weighted by atomic mass is 15.1. The van der Waals surface area contributed by atoms with Crippen molar-refractivity contribution in [3.05, 3.63) is 36.0 Å². The van der Waals surface area contributed by atoms with Gasteiger partial charge in [-0.05, 0) is 25.1 Å². The average Bonchev–Trinajstić information content (AvgIpc) is 2.34. The SMILES string of the molecule is Cc1cnc(N)nc1Nc1cccc(N(C)C)c1. The molecule has 0 unspecified atom stereocenters. The molecule has 0 amide bonds. The summed E-state index contributed by atoms with van der Waals surface area (Å²) >= 11 is 0. The van der Waals surface area contributed by atoms with E-state index in [4.69, 9.17) is 5.73 Å². The maximum absolute atomic E-state index is 5.59. The zero-order valence-corrected chi connectivity index (χ0v) is 10.8. The summed E-state index contributed by atoms with van der Waals surface area (Å²) in [6.45, 7) is 1.94. The van der Waals surface area contributed by atoms with Crippen LogP contribution in [0.4, 0.5) is 23.1 Å². The van der Waals surface area contributed by atoms with E-state index in [1.165, 1.54) is 0 Å². The Labute approximate surface area is 107 Å². The molecule has 1 aromatic heterocycles. The first-order chi connectivity index (χ1) is 8.56. The van der Waals surface area contributed by atoms with Crippen molar-refractivity contribution >= 4 is 23.1 Å².